The van der Waals surface area contributed by atoms with E-state index in [1.54, 1.807) is 18.2 Å². The standard InChI is InChI=1S/C16H18ClN3O4/c1-9(15(22)23)20(11-3-4-11)14(21)10-2-5-12(17)13(8-10)19-7-6-18-16(19)24/h2,5,8-9,11H,3-4,6-7H2,1H3,(H,18,24)(H,22,23). The van der Waals surface area contributed by atoms with Crippen LogP contribution in [0.2, 0.25) is 5.02 Å². The minimum absolute atomic E-state index is 0.0437. The van der Waals surface area contributed by atoms with Crippen LogP contribution in [0.4, 0.5) is 10.5 Å². The van der Waals surface area contributed by atoms with Crippen LogP contribution >= 0.6 is 11.6 Å². The molecule has 0 spiro atoms. The molecular formula is C16H18ClN3O4. The Morgan fingerprint density at radius 3 is 2.67 bits per heavy atom. The summed E-state index contributed by atoms with van der Waals surface area (Å²) in [5.74, 6) is -1.40. The van der Waals surface area contributed by atoms with Crippen molar-refractivity contribution >= 4 is 35.2 Å². The van der Waals surface area contributed by atoms with Gasteiger partial charge in [0.15, 0.2) is 0 Å². The molecule has 1 aromatic rings. The second kappa shape index (κ2) is 6.32. The number of hydrogen-bond acceptors (Lipinski definition) is 3. The lowest BCUT2D eigenvalue weighted by molar-refractivity contribution is -0.141. The van der Waals surface area contributed by atoms with Gasteiger partial charge in [-0.05, 0) is 38.0 Å². The van der Waals surface area contributed by atoms with Crippen molar-refractivity contribution in [2.75, 3.05) is 18.0 Å². The minimum Gasteiger partial charge on any atom is -0.480 e. The van der Waals surface area contributed by atoms with Gasteiger partial charge in [0.05, 0.1) is 10.7 Å². The van der Waals surface area contributed by atoms with Crippen LogP contribution in [0.5, 0.6) is 0 Å². The van der Waals surface area contributed by atoms with E-state index in [0.717, 1.165) is 12.8 Å². The lowest BCUT2D eigenvalue weighted by Crippen LogP contribution is -2.44. The number of carboxylic acids is 1. The smallest absolute Gasteiger partial charge is 0.326 e. The van der Waals surface area contributed by atoms with Crippen molar-refractivity contribution in [3.05, 3.63) is 28.8 Å². The molecule has 7 nitrogen and oxygen atoms in total. The Morgan fingerprint density at radius 2 is 2.12 bits per heavy atom. The SMILES string of the molecule is CC(C(=O)O)N(C(=O)c1ccc(Cl)c(N2CCNC2=O)c1)C1CC1. The van der Waals surface area contributed by atoms with Crippen LogP contribution in [0.3, 0.4) is 0 Å². The molecule has 1 aromatic carbocycles. The number of amides is 3. The fourth-order valence-electron chi connectivity index (χ4n) is 2.83. The fourth-order valence-corrected chi connectivity index (χ4v) is 3.05. The average Bonchev–Trinajstić information content (AvgIpc) is 3.28. The number of halogens is 1. The van der Waals surface area contributed by atoms with Crippen molar-refractivity contribution in [2.45, 2.75) is 31.8 Å². The molecule has 2 fully saturated rings. The second-order valence-corrected chi connectivity index (χ2v) is 6.41. The summed E-state index contributed by atoms with van der Waals surface area (Å²) in [7, 11) is 0. The monoisotopic (exact) mass is 351 g/mol. The lowest BCUT2D eigenvalue weighted by atomic mass is 10.1. The maximum Gasteiger partial charge on any atom is 0.326 e. The van der Waals surface area contributed by atoms with Crippen LogP contribution in [0.15, 0.2) is 18.2 Å². The van der Waals surface area contributed by atoms with Gasteiger partial charge in [0.2, 0.25) is 0 Å². The van der Waals surface area contributed by atoms with E-state index in [9.17, 15) is 19.5 Å². The first-order chi connectivity index (χ1) is 11.4. The van der Waals surface area contributed by atoms with E-state index in [0.29, 0.717) is 29.4 Å². The van der Waals surface area contributed by atoms with Crippen LogP contribution in [0.25, 0.3) is 0 Å². The summed E-state index contributed by atoms with van der Waals surface area (Å²) in [6.07, 6.45) is 1.61. The molecule has 1 atom stereocenters. The van der Waals surface area contributed by atoms with Crippen molar-refractivity contribution in [3.63, 3.8) is 0 Å². The van der Waals surface area contributed by atoms with E-state index in [2.05, 4.69) is 5.32 Å². The molecule has 0 radical (unpaired) electrons. The van der Waals surface area contributed by atoms with E-state index >= 15 is 0 Å². The van der Waals surface area contributed by atoms with Gasteiger partial charge in [-0.1, -0.05) is 11.6 Å². The summed E-state index contributed by atoms with van der Waals surface area (Å²) in [6.45, 7) is 2.48. The number of nitrogens with one attached hydrogen (secondary N) is 1. The predicted molar refractivity (Wildman–Crippen MR) is 88.5 cm³/mol. The van der Waals surface area contributed by atoms with Crippen LogP contribution in [-0.4, -0.2) is 53.1 Å². The first kappa shape index (κ1) is 16.6. The van der Waals surface area contributed by atoms with Crippen LogP contribution < -0.4 is 10.2 Å². The highest BCUT2D eigenvalue weighted by molar-refractivity contribution is 6.34. The molecule has 2 aliphatic rings. The quantitative estimate of drug-likeness (QED) is 0.848. The Hall–Kier alpha value is -2.28. The largest absolute Gasteiger partial charge is 0.480 e. The molecule has 3 amide bonds. The Labute approximate surface area is 144 Å². The lowest BCUT2D eigenvalue weighted by Gasteiger charge is -2.27. The van der Waals surface area contributed by atoms with Crippen molar-refractivity contribution in [1.82, 2.24) is 10.2 Å². The van der Waals surface area contributed by atoms with Gasteiger partial charge in [0.1, 0.15) is 6.04 Å². The van der Waals surface area contributed by atoms with E-state index < -0.39 is 12.0 Å². The molecule has 1 aliphatic carbocycles. The molecule has 1 unspecified atom stereocenters. The maximum absolute atomic E-state index is 12.8. The Kier molecular flexibility index (Phi) is 4.36. The summed E-state index contributed by atoms with van der Waals surface area (Å²) in [4.78, 5) is 38.9. The van der Waals surface area contributed by atoms with Gasteiger partial charge in [0, 0.05) is 24.7 Å². The van der Waals surface area contributed by atoms with E-state index in [-0.39, 0.29) is 18.0 Å². The molecule has 24 heavy (non-hydrogen) atoms. The number of aliphatic carboxylic acids is 1. The van der Waals surface area contributed by atoms with E-state index in [1.165, 1.54) is 16.7 Å². The van der Waals surface area contributed by atoms with Crippen LogP contribution in [-0.2, 0) is 4.79 Å². The molecule has 1 saturated heterocycles. The summed E-state index contributed by atoms with van der Waals surface area (Å²) < 4.78 is 0. The summed E-state index contributed by atoms with van der Waals surface area (Å²) in [6, 6.07) is 3.47. The summed E-state index contributed by atoms with van der Waals surface area (Å²) in [5, 5.41) is 12.3. The highest BCUT2D eigenvalue weighted by Crippen LogP contribution is 2.33. The number of anilines is 1. The molecule has 1 aliphatic heterocycles. The van der Waals surface area contributed by atoms with E-state index in [4.69, 9.17) is 11.6 Å². The number of urea groups is 1. The third-order valence-electron chi connectivity index (χ3n) is 4.29. The molecule has 8 heteroatoms. The van der Waals surface area contributed by atoms with Gasteiger partial charge in [-0.15, -0.1) is 0 Å². The number of rotatable bonds is 5. The molecule has 128 valence electrons. The fraction of sp³-hybridized carbons (Fsp3) is 0.438. The van der Waals surface area contributed by atoms with Crippen molar-refractivity contribution in [2.24, 2.45) is 0 Å². The average molecular weight is 352 g/mol. The van der Waals surface area contributed by atoms with Crippen LogP contribution in [0.1, 0.15) is 30.1 Å². The normalized spacial score (nSPS) is 18.2. The number of benzene rings is 1. The zero-order chi connectivity index (χ0) is 17.4. The maximum atomic E-state index is 12.8. The Morgan fingerprint density at radius 1 is 1.42 bits per heavy atom. The number of hydrogen-bond donors (Lipinski definition) is 2. The predicted octanol–water partition coefficient (Wildman–Crippen LogP) is 1.95. The molecule has 1 saturated carbocycles. The van der Waals surface area contributed by atoms with Gasteiger partial charge in [-0.3, -0.25) is 9.69 Å². The molecular weight excluding hydrogens is 334 g/mol. The molecule has 0 bridgehead atoms. The highest BCUT2D eigenvalue weighted by atomic mass is 35.5. The number of carboxylic acid groups (broad SMARTS) is 1. The van der Waals surface area contributed by atoms with Gasteiger partial charge >= 0.3 is 12.0 Å². The van der Waals surface area contributed by atoms with Crippen molar-refractivity contribution in [1.29, 1.82) is 0 Å². The molecule has 3 rings (SSSR count). The number of carbonyl (C=O) groups is 3. The van der Waals surface area contributed by atoms with Gasteiger partial charge < -0.3 is 15.3 Å². The molecule has 2 N–H and O–H groups in total. The first-order valence-corrected chi connectivity index (χ1v) is 8.18. The molecule has 0 aromatic heterocycles. The summed E-state index contributed by atoms with van der Waals surface area (Å²) in [5.41, 5.74) is 0.783. The van der Waals surface area contributed by atoms with Gasteiger partial charge in [-0.2, -0.15) is 0 Å². The zero-order valence-electron chi connectivity index (χ0n) is 13.2. The van der Waals surface area contributed by atoms with Gasteiger partial charge in [0.25, 0.3) is 5.91 Å². The van der Waals surface area contributed by atoms with Crippen molar-refractivity contribution < 1.29 is 19.5 Å². The second-order valence-electron chi connectivity index (χ2n) is 6.01. The Bertz CT molecular complexity index is 705. The Balaban J connectivity index is 1.92. The third kappa shape index (κ3) is 3.03. The third-order valence-corrected chi connectivity index (χ3v) is 4.61. The topological polar surface area (TPSA) is 89.9 Å². The first-order valence-electron chi connectivity index (χ1n) is 7.80. The molecule has 1 heterocycles. The number of carbonyl (C=O) groups excluding carboxylic acids is 2. The van der Waals surface area contributed by atoms with Crippen molar-refractivity contribution in [3.8, 4) is 0 Å². The minimum atomic E-state index is -1.04. The summed E-state index contributed by atoms with van der Waals surface area (Å²) >= 11 is 6.17. The number of nitrogens with zero attached hydrogens (tertiary/aromatic N) is 2. The highest BCUT2D eigenvalue weighted by Gasteiger charge is 2.39. The van der Waals surface area contributed by atoms with Gasteiger partial charge in [-0.25, -0.2) is 9.59 Å². The van der Waals surface area contributed by atoms with E-state index in [1.807, 2.05) is 0 Å². The zero-order valence-corrected chi connectivity index (χ0v) is 13.9. The van der Waals surface area contributed by atoms with Crippen LogP contribution in [0, 0.1) is 0 Å².